The van der Waals surface area contributed by atoms with Gasteiger partial charge in [-0.05, 0) is 0 Å². The van der Waals surface area contributed by atoms with Gasteiger partial charge in [-0.25, -0.2) is 4.57 Å². The fraction of sp³-hybridized carbons (Fsp3) is 1.00. The summed E-state index contributed by atoms with van der Waals surface area (Å²) in [6.07, 6.45) is 0. The quantitative estimate of drug-likeness (QED) is 0.272. The number of nitrogens with zero attached hydrogens (tertiary/aromatic N) is 1. The van der Waals surface area contributed by atoms with Gasteiger partial charge in [-0.15, -0.1) is 4.91 Å². The van der Waals surface area contributed by atoms with Crippen LogP contribution in [-0.2, 0) is 23.3 Å². The van der Waals surface area contributed by atoms with Crippen molar-refractivity contribution >= 4 is 7.75 Å². The highest BCUT2D eigenvalue weighted by atomic mass is 31.2. The van der Waals surface area contributed by atoms with E-state index in [1.807, 2.05) is 4.95 Å². The molecule has 1 unspecified atom stereocenters. The van der Waals surface area contributed by atoms with Crippen molar-refractivity contribution in [2.75, 3.05) is 52.8 Å². The van der Waals surface area contributed by atoms with Crippen LogP contribution in [0.5, 0.6) is 0 Å². The standard InChI is InChI=1S/C8H19N2O7P/c9-1-2-14-3-4-15-5-6-16-7-8-17-18(12,13)10-11/h1-9H2,(H,12,13). The van der Waals surface area contributed by atoms with E-state index in [-0.39, 0.29) is 13.2 Å². The van der Waals surface area contributed by atoms with Crippen molar-refractivity contribution in [1.82, 2.24) is 0 Å². The molecule has 10 heteroatoms. The van der Waals surface area contributed by atoms with Crippen LogP contribution in [0.4, 0.5) is 0 Å². The molecule has 0 heterocycles. The van der Waals surface area contributed by atoms with Crippen LogP contribution in [0.15, 0.2) is 4.95 Å². The molecule has 0 amide bonds. The third kappa shape index (κ3) is 12.1. The van der Waals surface area contributed by atoms with Gasteiger partial charge in [0.15, 0.2) is 0 Å². The molecule has 108 valence electrons. The maximum atomic E-state index is 10.6. The highest BCUT2D eigenvalue weighted by Crippen LogP contribution is 2.42. The average molecular weight is 286 g/mol. The zero-order valence-corrected chi connectivity index (χ0v) is 10.9. The minimum Gasteiger partial charge on any atom is -0.378 e. The van der Waals surface area contributed by atoms with Crippen LogP contribution in [0.1, 0.15) is 0 Å². The lowest BCUT2D eigenvalue weighted by atomic mass is 10.7. The molecule has 0 saturated carbocycles. The zero-order valence-electron chi connectivity index (χ0n) is 10.0. The normalized spacial score (nSPS) is 14.3. The Morgan fingerprint density at radius 3 is 1.83 bits per heavy atom. The predicted molar refractivity (Wildman–Crippen MR) is 63.1 cm³/mol. The van der Waals surface area contributed by atoms with Gasteiger partial charge in [0, 0.05) is 11.5 Å². The molecule has 0 radical (unpaired) electrons. The van der Waals surface area contributed by atoms with Gasteiger partial charge in [0.1, 0.15) is 0 Å². The van der Waals surface area contributed by atoms with Crippen LogP contribution >= 0.6 is 7.75 Å². The molecule has 0 aromatic carbocycles. The maximum Gasteiger partial charge on any atom is 0.487 e. The maximum absolute atomic E-state index is 10.6. The fourth-order valence-electron chi connectivity index (χ4n) is 0.864. The summed E-state index contributed by atoms with van der Waals surface area (Å²) in [7, 11) is -4.32. The van der Waals surface area contributed by atoms with E-state index in [1.54, 1.807) is 0 Å². The Kier molecular flexibility index (Phi) is 11.4. The Morgan fingerprint density at radius 1 is 0.944 bits per heavy atom. The van der Waals surface area contributed by atoms with E-state index in [4.69, 9.17) is 24.8 Å². The third-order valence-corrected chi connectivity index (χ3v) is 2.32. The molecule has 9 nitrogen and oxygen atoms in total. The number of nitrogens with two attached hydrogens (primary N) is 1. The molecule has 0 rings (SSSR count). The first-order chi connectivity index (χ1) is 8.62. The molecule has 1 atom stereocenters. The van der Waals surface area contributed by atoms with Gasteiger partial charge < -0.3 is 24.8 Å². The lowest BCUT2D eigenvalue weighted by Crippen LogP contribution is -2.14. The molecule has 0 aliphatic heterocycles. The lowest BCUT2D eigenvalue weighted by molar-refractivity contribution is 0.00996. The summed E-state index contributed by atoms with van der Waals surface area (Å²) in [5, 5.41) is 0. The van der Waals surface area contributed by atoms with E-state index in [9.17, 15) is 9.47 Å². The molecule has 0 aliphatic rings. The Bertz CT molecular complexity index is 254. The molecule has 0 aromatic rings. The van der Waals surface area contributed by atoms with E-state index in [0.717, 1.165) is 0 Å². The molecule has 0 fully saturated rings. The third-order valence-electron chi connectivity index (χ3n) is 1.60. The molecule has 0 spiro atoms. The van der Waals surface area contributed by atoms with Crippen molar-refractivity contribution in [3.05, 3.63) is 4.91 Å². The van der Waals surface area contributed by atoms with Gasteiger partial charge in [0.2, 0.25) is 0 Å². The molecule has 3 N–H and O–H groups in total. The van der Waals surface area contributed by atoms with Gasteiger partial charge in [-0.3, -0.25) is 4.52 Å². The van der Waals surface area contributed by atoms with Crippen molar-refractivity contribution < 1.29 is 28.2 Å². The first kappa shape index (κ1) is 17.6. The Hall–Kier alpha value is -0.410. The first-order valence-electron chi connectivity index (χ1n) is 5.38. The smallest absolute Gasteiger partial charge is 0.378 e. The minimum absolute atomic E-state index is 0.0765. The van der Waals surface area contributed by atoms with Crippen molar-refractivity contribution in [3.8, 4) is 0 Å². The van der Waals surface area contributed by atoms with Crippen molar-refractivity contribution in [1.29, 1.82) is 0 Å². The number of hydrogen-bond acceptors (Lipinski definition) is 7. The second kappa shape index (κ2) is 11.7. The van der Waals surface area contributed by atoms with E-state index >= 15 is 0 Å². The number of ether oxygens (including phenoxy) is 3. The monoisotopic (exact) mass is 286 g/mol. The van der Waals surface area contributed by atoms with Crippen LogP contribution in [-0.4, -0.2) is 57.7 Å². The summed E-state index contributed by atoms with van der Waals surface area (Å²) in [6, 6.07) is 0. The van der Waals surface area contributed by atoms with Gasteiger partial charge in [0.25, 0.3) is 0 Å². The summed E-state index contributed by atoms with van der Waals surface area (Å²) in [5.41, 5.74) is 5.22. The summed E-state index contributed by atoms with van der Waals surface area (Å²) in [5.74, 6) is 0. The second-order valence-corrected chi connectivity index (χ2v) is 4.43. The topological polar surface area (TPSA) is 130 Å². The van der Waals surface area contributed by atoms with Crippen molar-refractivity contribution in [2.24, 2.45) is 10.7 Å². The SMILES string of the molecule is NCCOCCOCCOCCOP(=O)(O)N=O. The molecular weight excluding hydrogens is 267 g/mol. The Morgan fingerprint density at radius 2 is 1.39 bits per heavy atom. The minimum atomic E-state index is -4.32. The largest absolute Gasteiger partial charge is 0.487 e. The first-order valence-corrected chi connectivity index (χ1v) is 6.91. The molecule has 0 saturated heterocycles. The summed E-state index contributed by atoms with van der Waals surface area (Å²) < 4.78 is 30.1. The van der Waals surface area contributed by atoms with Gasteiger partial charge in [-0.2, -0.15) is 0 Å². The lowest BCUT2D eigenvalue weighted by Gasteiger charge is -2.07. The Balaban J connectivity index is 3.12. The summed E-state index contributed by atoms with van der Waals surface area (Å²) in [4.78, 5) is 20.3. The highest BCUT2D eigenvalue weighted by molar-refractivity contribution is 7.51. The summed E-state index contributed by atoms with van der Waals surface area (Å²) >= 11 is 0. The van der Waals surface area contributed by atoms with Crippen LogP contribution in [0.3, 0.4) is 0 Å². The van der Waals surface area contributed by atoms with Crippen LogP contribution in [0.2, 0.25) is 0 Å². The number of hydrogen-bond donors (Lipinski definition) is 2. The average Bonchev–Trinajstić information content (AvgIpc) is 2.36. The van der Waals surface area contributed by atoms with E-state index < -0.39 is 7.75 Å². The van der Waals surface area contributed by atoms with Gasteiger partial charge in [-0.1, -0.05) is 0 Å². The van der Waals surface area contributed by atoms with Crippen molar-refractivity contribution in [2.45, 2.75) is 0 Å². The summed E-state index contributed by atoms with van der Waals surface area (Å²) in [6.45, 7) is 2.47. The number of nitroso groups, excluding NO2 is 1. The molecular formula is C8H19N2O7P. The molecule has 0 bridgehead atoms. The highest BCUT2D eigenvalue weighted by Gasteiger charge is 2.18. The van der Waals surface area contributed by atoms with Crippen LogP contribution < -0.4 is 5.73 Å². The van der Waals surface area contributed by atoms with Gasteiger partial charge in [0.05, 0.1) is 46.2 Å². The Labute approximate surface area is 105 Å². The molecule has 0 aliphatic carbocycles. The molecule has 0 aromatic heterocycles. The molecule has 18 heavy (non-hydrogen) atoms. The van der Waals surface area contributed by atoms with Crippen LogP contribution in [0.25, 0.3) is 0 Å². The van der Waals surface area contributed by atoms with Crippen molar-refractivity contribution in [3.63, 3.8) is 0 Å². The predicted octanol–water partition coefficient (Wildman–Crippen LogP) is -0.122. The van der Waals surface area contributed by atoms with E-state index in [0.29, 0.717) is 39.6 Å². The van der Waals surface area contributed by atoms with Gasteiger partial charge >= 0.3 is 7.75 Å². The second-order valence-electron chi connectivity index (χ2n) is 3.03. The number of rotatable bonds is 13. The van der Waals surface area contributed by atoms with E-state index in [1.165, 1.54) is 0 Å². The zero-order chi connectivity index (χ0) is 13.7. The van der Waals surface area contributed by atoms with Crippen LogP contribution in [0, 0.1) is 4.91 Å². The fourth-order valence-corrected chi connectivity index (χ4v) is 1.22. The van der Waals surface area contributed by atoms with E-state index in [2.05, 4.69) is 4.52 Å².